The zero-order valence-corrected chi connectivity index (χ0v) is 41.4. The fraction of sp³-hybridized carbons (Fsp3) is 0.621. The van der Waals surface area contributed by atoms with Crippen LogP contribution in [0.1, 0.15) is 246 Å². The van der Waals surface area contributed by atoms with E-state index in [-0.39, 0.29) is 16.9 Å². The van der Waals surface area contributed by atoms with Crippen LogP contribution in [0.25, 0.3) is 6.08 Å². The second-order valence-electron chi connectivity index (χ2n) is 18.4. The average Bonchev–Trinajstić information content (AvgIpc) is 3.33. The van der Waals surface area contributed by atoms with E-state index in [1.54, 1.807) is 30.3 Å². The summed E-state index contributed by atoms with van der Waals surface area (Å²) in [6.07, 6.45) is 45.5. The quantitative estimate of drug-likeness (QED) is 0.0106. The predicted octanol–water partition coefficient (Wildman–Crippen LogP) is 18.0. The molecule has 0 radical (unpaired) electrons. The zero-order chi connectivity index (χ0) is 47.1. The molecule has 0 saturated heterocycles. The number of benzene rings is 3. The summed E-state index contributed by atoms with van der Waals surface area (Å²) in [7, 11) is 0. The molecule has 0 bridgehead atoms. The average molecular weight is 910 g/mol. The lowest BCUT2D eigenvalue weighted by molar-refractivity contribution is -0.385. The fourth-order valence-corrected chi connectivity index (χ4v) is 8.37. The minimum absolute atomic E-state index is 0.113. The Morgan fingerprint density at radius 1 is 0.470 bits per heavy atom. The summed E-state index contributed by atoms with van der Waals surface area (Å²) in [4.78, 5) is 37.3. The molecule has 0 spiro atoms. The van der Waals surface area contributed by atoms with Crippen LogP contribution in [0.2, 0.25) is 0 Å². The summed E-state index contributed by atoms with van der Waals surface area (Å²) in [5.74, 6) is 0.0584. The van der Waals surface area contributed by atoms with Crippen molar-refractivity contribution in [2.24, 2.45) is 0 Å². The van der Waals surface area contributed by atoms with Crippen LogP contribution in [-0.2, 0) is 0 Å². The van der Waals surface area contributed by atoms with E-state index in [1.807, 2.05) is 24.3 Å². The number of carbonyl (C=O) groups is 2. The van der Waals surface area contributed by atoms with Crippen LogP contribution in [0.3, 0.4) is 0 Å². The number of nitro groups is 1. The number of nitrogens with zero attached hydrogens (tertiary/aromatic N) is 1. The highest BCUT2D eigenvalue weighted by atomic mass is 16.6. The third kappa shape index (κ3) is 26.6. The van der Waals surface area contributed by atoms with Crippen molar-refractivity contribution in [3.63, 3.8) is 0 Å². The van der Waals surface area contributed by atoms with Gasteiger partial charge in [-0.3, -0.25) is 14.9 Å². The minimum atomic E-state index is -0.737. The van der Waals surface area contributed by atoms with Gasteiger partial charge >= 0.3 is 11.7 Å². The second-order valence-corrected chi connectivity index (χ2v) is 18.4. The van der Waals surface area contributed by atoms with Gasteiger partial charge in [-0.2, -0.15) is 0 Å². The second kappa shape index (κ2) is 37.6. The molecule has 0 aliphatic carbocycles. The number of ether oxygens (including phenoxy) is 3. The maximum atomic E-state index is 13.0. The summed E-state index contributed by atoms with van der Waals surface area (Å²) in [5.41, 5.74) is 0.683. The molecule has 0 saturated carbocycles. The van der Waals surface area contributed by atoms with Crippen molar-refractivity contribution in [2.45, 2.75) is 219 Å². The molecule has 0 N–H and O–H groups in total. The van der Waals surface area contributed by atoms with E-state index in [2.05, 4.69) is 13.8 Å². The molecule has 8 heteroatoms. The molecule has 0 fully saturated rings. The Labute approximate surface area is 400 Å². The van der Waals surface area contributed by atoms with Gasteiger partial charge < -0.3 is 14.2 Å². The van der Waals surface area contributed by atoms with Gasteiger partial charge in [0.2, 0.25) is 5.75 Å². The minimum Gasteiger partial charge on any atom is -0.494 e. The highest BCUT2D eigenvalue weighted by Gasteiger charge is 2.21. The van der Waals surface area contributed by atoms with Crippen LogP contribution >= 0.6 is 0 Å². The molecular weight excluding hydrogens is 823 g/mol. The van der Waals surface area contributed by atoms with Crippen LogP contribution in [0.5, 0.6) is 17.2 Å². The van der Waals surface area contributed by atoms with Gasteiger partial charge in [-0.05, 0) is 73.0 Å². The number of hydrogen-bond donors (Lipinski definition) is 0. The van der Waals surface area contributed by atoms with E-state index < -0.39 is 22.4 Å². The van der Waals surface area contributed by atoms with Gasteiger partial charge in [0, 0.05) is 11.6 Å². The summed E-state index contributed by atoms with van der Waals surface area (Å²) in [6, 6.07) is 17.9. The van der Waals surface area contributed by atoms with Crippen molar-refractivity contribution in [1.29, 1.82) is 0 Å². The molecule has 8 nitrogen and oxygen atoms in total. The van der Waals surface area contributed by atoms with E-state index in [0.29, 0.717) is 19.0 Å². The van der Waals surface area contributed by atoms with E-state index in [9.17, 15) is 19.7 Å². The van der Waals surface area contributed by atoms with Crippen LogP contribution in [0.15, 0.2) is 72.8 Å². The lowest BCUT2D eigenvalue weighted by atomic mass is 10.0. The summed E-state index contributed by atoms with van der Waals surface area (Å²) < 4.78 is 17.2. The monoisotopic (exact) mass is 910 g/mol. The smallest absolute Gasteiger partial charge is 0.343 e. The number of ketones is 1. The van der Waals surface area contributed by atoms with Crippen molar-refractivity contribution < 1.29 is 28.7 Å². The first-order valence-electron chi connectivity index (χ1n) is 26.6. The van der Waals surface area contributed by atoms with Gasteiger partial charge in [0.05, 0.1) is 23.7 Å². The standard InChI is InChI=1S/C58H87NO7/c1-3-5-7-9-11-13-15-17-19-21-23-25-27-29-31-33-47-64-53-41-35-50(36-42-53)37-45-56(60)52-40-46-57(55(49-52)59(62)63)66-58(61)51-38-43-54(44-39-51)65-48-34-32-30-28-26-24-22-20-18-16-14-12-10-8-6-4-2/h35-46,49H,3-34,47-48H2,1-2H3/b45-37+. The molecule has 3 rings (SSSR count). The van der Waals surface area contributed by atoms with Crippen LogP contribution < -0.4 is 14.2 Å². The van der Waals surface area contributed by atoms with Gasteiger partial charge in [0.1, 0.15) is 11.5 Å². The third-order valence-electron chi connectivity index (χ3n) is 12.6. The highest BCUT2D eigenvalue weighted by molar-refractivity contribution is 6.07. The van der Waals surface area contributed by atoms with Crippen molar-refractivity contribution in [1.82, 2.24) is 0 Å². The maximum absolute atomic E-state index is 13.0. The first-order valence-corrected chi connectivity index (χ1v) is 26.6. The Hall–Kier alpha value is -4.46. The molecule has 0 atom stereocenters. The molecule has 0 heterocycles. The Morgan fingerprint density at radius 2 is 0.818 bits per heavy atom. The number of allylic oxidation sites excluding steroid dienone is 1. The lowest BCUT2D eigenvalue weighted by Gasteiger charge is -2.08. The summed E-state index contributed by atoms with van der Waals surface area (Å²) in [5, 5.41) is 12.0. The van der Waals surface area contributed by atoms with Gasteiger partial charge in [-0.1, -0.05) is 225 Å². The Kier molecular flexibility index (Phi) is 31.8. The van der Waals surface area contributed by atoms with Gasteiger partial charge in [0.15, 0.2) is 5.78 Å². The van der Waals surface area contributed by atoms with Crippen molar-refractivity contribution in [2.75, 3.05) is 13.2 Å². The van der Waals surface area contributed by atoms with Crippen molar-refractivity contribution in [3.05, 3.63) is 99.6 Å². The largest absolute Gasteiger partial charge is 0.494 e. The third-order valence-corrected chi connectivity index (χ3v) is 12.6. The number of carbonyl (C=O) groups excluding carboxylic acids is 2. The van der Waals surface area contributed by atoms with E-state index in [1.165, 1.54) is 204 Å². The molecule has 366 valence electrons. The number of unbranched alkanes of at least 4 members (excludes halogenated alkanes) is 30. The predicted molar refractivity (Wildman–Crippen MR) is 274 cm³/mol. The maximum Gasteiger partial charge on any atom is 0.343 e. The summed E-state index contributed by atoms with van der Waals surface area (Å²) >= 11 is 0. The first-order chi connectivity index (χ1) is 32.4. The SMILES string of the molecule is CCCCCCCCCCCCCCCCCCOc1ccc(/C=C/C(=O)c2ccc(OC(=O)c3ccc(OCCCCCCCCCCCCCCCCCC)cc3)c([N+](=O)[O-])c2)cc1. The summed E-state index contributed by atoms with van der Waals surface area (Å²) in [6.45, 7) is 5.83. The molecule has 3 aromatic rings. The van der Waals surface area contributed by atoms with Gasteiger partial charge in [-0.25, -0.2) is 4.79 Å². The fourth-order valence-electron chi connectivity index (χ4n) is 8.37. The zero-order valence-electron chi connectivity index (χ0n) is 41.4. The van der Waals surface area contributed by atoms with E-state index >= 15 is 0 Å². The Morgan fingerprint density at radius 3 is 1.20 bits per heavy atom. The molecule has 0 unspecified atom stereocenters. The number of nitro benzene ring substituents is 1. The van der Waals surface area contributed by atoms with Crippen LogP contribution in [0.4, 0.5) is 5.69 Å². The molecular formula is C58H87NO7. The van der Waals surface area contributed by atoms with E-state index in [4.69, 9.17) is 14.2 Å². The van der Waals surface area contributed by atoms with E-state index in [0.717, 1.165) is 36.6 Å². The van der Waals surface area contributed by atoms with Crippen LogP contribution in [-0.4, -0.2) is 29.9 Å². The van der Waals surface area contributed by atoms with Crippen LogP contribution in [0, 0.1) is 10.1 Å². The molecule has 66 heavy (non-hydrogen) atoms. The van der Waals surface area contributed by atoms with Crippen molar-refractivity contribution >= 4 is 23.5 Å². The normalized spacial score (nSPS) is 11.3. The Balaban J connectivity index is 1.26. The number of esters is 1. The molecule has 0 aliphatic rings. The highest BCUT2D eigenvalue weighted by Crippen LogP contribution is 2.30. The number of hydrogen-bond acceptors (Lipinski definition) is 7. The molecule has 0 aliphatic heterocycles. The lowest BCUT2D eigenvalue weighted by Crippen LogP contribution is -2.10. The van der Waals surface area contributed by atoms with Gasteiger partial charge in [0.25, 0.3) is 0 Å². The molecule has 0 amide bonds. The molecule has 0 aromatic heterocycles. The molecule has 3 aromatic carbocycles. The topological polar surface area (TPSA) is 105 Å². The van der Waals surface area contributed by atoms with Gasteiger partial charge in [-0.15, -0.1) is 0 Å². The van der Waals surface area contributed by atoms with Crippen molar-refractivity contribution in [3.8, 4) is 17.2 Å². The Bertz CT molecular complexity index is 1740. The first kappa shape index (κ1) is 55.9. The number of rotatable bonds is 42.